The Bertz CT molecular complexity index is 1020. The Morgan fingerprint density at radius 3 is 2.88 bits per heavy atom. The number of carbonyl (C=O) groups excluding carboxylic acids is 1. The lowest BCUT2D eigenvalue weighted by molar-refractivity contribution is -0.143. The lowest BCUT2D eigenvalue weighted by Crippen LogP contribution is -2.29. The summed E-state index contributed by atoms with van der Waals surface area (Å²) in [7, 11) is 0. The van der Waals surface area contributed by atoms with Crippen molar-refractivity contribution in [3.63, 3.8) is 0 Å². The van der Waals surface area contributed by atoms with Crippen molar-refractivity contribution >= 4 is 50.2 Å². The highest BCUT2D eigenvalue weighted by Gasteiger charge is 2.35. The van der Waals surface area contributed by atoms with Gasteiger partial charge in [-0.1, -0.05) is 15.9 Å². The molecule has 0 saturated carbocycles. The summed E-state index contributed by atoms with van der Waals surface area (Å²) in [6, 6.07) is 7.76. The van der Waals surface area contributed by atoms with Crippen LogP contribution in [-0.4, -0.2) is 21.6 Å². The van der Waals surface area contributed by atoms with E-state index in [1.165, 1.54) is 0 Å². The molecule has 0 amide bonds. The van der Waals surface area contributed by atoms with Crippen LogP contribution in [0.1, 0.15) is 32.4 Å². The van der Waals surface area contributed by atoms with Gasteiger partial charge in [0.05, 0.1) is 28.8 Å². The van der Waals surface area contributed by atoms with Crippen LogP contribution in [0.15, 0.2) is 50.8 Å². The Morgan fingerprint density at radius 2 is 2.19 bits per heavy atom. The van der Waals surface area contributed by atoms with Crippen LogP contribution in [0.5, 0.6) is 0 Å². The topological polar surface area (TPSA) is 56.2 Å². The number of rotatable bonds is 3. The van der Waals surface area contributed by atoms with E-state index in [0.717, 1.165) is 32.7 Å². The van der Waals surface area contributed by atoms with E-state index in [9.17, 15) is 4.79 Å². The zero-order valence-corrected chi connectivity index (χ0v) is 17.0. The molecule has 1 N–H and O–H groups in total. The first kappa shape index (κ1) is 17.3. The fourth-order valence-corrected chi connectivity index (χ4v) is 4.31. The molecule has 134 valence electrons. The molecule has 0 aliphatic carbocycles. The number of halogens is 1. The molecule has 0 spiro atoms. The van der Waals surface area contributed by atoms with Crippen LogP contribution in [0.2, 0.25) is 0 Å². The van der Waals surface area contributed by atoms with Crippen molar-refractivity contribution in [3.05, 3.63) is 56.3 Å². The second kappa shape index (κ2) is 6.55. The molecule has 1 aliphatic heterocycles. The fraction of sp³-hybridized carbons (Fsp3) is 0.263. The van der Waals surface area contributed by atoms with Gasteiger partial charge >= 0.3 is 5.97 Å². The first-order valence-corrected chi connectivity index (χ1v) is 10.1. The van der Waals surface area contributed by atoms with Crippen LogP contribution < -0.4 is 5.32 Å². The van der Waals surface area contributed by atoms with Gasteiger partial charge in [0.1, 0.15) is 0 Å². The van der Waals surface area contributed by atoms with Crippen LogP contribution in [0, 0.1) is 0 Å². The van der Waals surface area contributed by atoms with Crippen molar-refractivity contribution in [2.45, 2.75) is 32.9 Å². The number of hydrogen-bond acceptors (Lipinski definition) is 5. The molecule has 1 atom stereocenters. The average Bonchev–Trinajstić information content (AvgIpc) is 3.19. The van der Waals surface area contributed by atoms with Crippen LogP contribution >= 0.6 is 27.3 Å². The van der Waals surface area contributed by atoms with Crippen LogP contribution in [0.4, 0.5) is 5.95 Å². The predicted octanol–water partition coefficient (Wildman–Crippen LogP) is 5.10. The maximum atomic E-state index is 12.9. The summed E-state index contributed by atoms with van der Waals surface area (Å²) in [5.41, 5.74) is 4.28. The normalized spacial score (nSPS) is 16.7. The van der Waals surface area contributed by atoms with E-state index in [1.807, 2.05) is 50.4 Å². The van der Waals surface area contributed by atoms with E-state index in [4.69, 9.17) is 9.72 Å². The van der Waals surface area contributed by atoms with Crippen molar-refractivity contribution in [1.82, 2.24) is 9.55 Å². The molecule has 5 nitrogen and oxygen atoms in total. The quantitative estimate of drug-likeness (QED) is 0.585. The third kappa shape index (κ3) is 2.85. The molecule has 1 aliphatic rings. The molecule has 1 aromatic carbocycles. The minimum absolute atomic E-state index is 0.178. The maximum absolute atomic E-state index is 12.9. The van der Waals surface area contributed by atoms with Crippen molar-refractivity contribution in [3.8, 4) is 0 Å². The molecule has 1 unspecified atom stereocenters. The lowest BCUT2D eigenvalue weighted by Gasteiger charge is -2.30. The van der Waals surface area contributed by atoms with Gasteiger partial charge in [0, 0.05) is 10.2 Å². The molecule has 3 heterocycles. The predicted molar refractivity (Wildman–Crippen MR) is 107 cm³/mol. The van der Waals surface area contributed by atoms with Crippen LogP contribution in [0.3, 0.4) is 0 Å². The summed E-state index contributed by atoms with van der Waals surface area (Å²) in [5.74, 6) is 0.429. The van der Waals surface area contributed by atoms with Gasteiger partial charge in [0.15, 0.2) is 0 Å². The number of benzene rings is 1. The Hall–Kier alpha value is -2.12. The van der Waals surface area contributed by atoms with E-state index < -0.39 is 0 Å². The Morgan fingerprint density at radius 1 is 1.38 bits per heavy atom. The van der Waals surface area contributed by atoms with E-state index in [0.29, 0.717) is 5.57 Å². The number of thiophene rings is 1. The second-order valence-electron chi connectivity index (χ2n) is 6.52. The van der Waals surface area contributed by atoms with Gasteiger partial charge in [0.25, 0.3) is 0 Å². The molecule has 7 heteroatoms. The van der Waals surface area contributed by atoms with Crippen LogP contribution in [0.25, 0.3) is 11.0 Å². The molecule has 3 aromatic rings. The first-order chi connectivity index (χ1) is 12.5. The van der Waals surface area contributed by atoms with Gasteiger partial charge in [0.2, 0.25) is 5.95 Å². The minimum atomic E-state index is -0.300. The summed E-state index contributed by atoms with van der Waals surface area (Å²) in [6.45, 7) is 5.62. The highest BCUT2D eigenvalue weighted by Crippen LogP contribution is 2.40. The smallest absolute Gasteiger partial charge is 0.338 e. The number of allylic oxidation sites excluding steroid dienone is 1. The number of carbonyl (C=O) groups is 1. The Balaban J connectivity index is 1.94. The second-order valence-corrected chi connectivity index (χ2v) is 8.21. The number of esters is 1. The van der Waals surface area contributed by atoms with Gasteiger partial charge in [-0.05, 0) is 61.4 Å². The minimum Gasteiger partial charge on any atom is -0.459 e. The summed E-state index contributed by atoms with van der Waals surface area (Å²) in [6.07, 6.45) is -0.178. The van der Waals surface area contributed by atoms with E-state index in [-0.39, 0.29) is 18.1 Å². The molecule has 0 saturated heterocycles. The average molecular weight is 432 g/mol. The summed E-state index contributed by atoms with van der Waals surface area (Å²) in [5, 5.41) is 7.37. The standard InChI is InChI=1S/C19H18BrN3O2S/c1-10(2)25-18(24)16-11(3)21-19-22-14-8-13(20)4-5-15(14)23(19)17(16)12-6-7-26-9-12/h4-10,17H,1-3H3,(H,21,22). The zero-order chi connectivity index (χ0) is 18.4. The summed E-state index contributed by atoms with van der Waals surface area (Å²) in [4.78, 5) is 17.6. The molecule has 0 radical (unpaired) electrons. The van der Waals surface area contributed by atoms with E-state index in [2.05, 4.69) is 31.2 Å². The van der Waals surface area contributed by atoms with Crippen molar-refractivity contribution < 1.29 is 9.53 Å². The highest BCUT2D eigenvalue weighted by atomic mass is 79.9. The highest BCUT2D eigenvalue weighted by molar-refractivity contribution is 9.10. The number of nitrogens with zero attached hydrogens (tertiary/aromatic N) is 2. The number of aromatic nitrogens is 2. The fourth-order valence-electron chi connectivity index (χ4n) is 3.28. The third-order valence-corrected chi connectivity index (χ3v) is 5.50. The molecule has 0 bridgehead atoms. The number of anilines is 1. The summed E-state index contributed by atoms with van der Waals surface area (Å²) < 4.78 is 8.58. The van der Waals surface area contributed by atoms with Crippen molar-refractivity contribution in [2.75, 3.05) is 5.32 Å². The van der Waals surface area contributed by atoms with E-state index in [1.54, 1.807) is 11.3 Å². The molecule has 2 aromatic heterocycles. The number of hydrogen-bond donors (Lipinski definition) is 1. The number of ether oxygens (including phenoxy) is 1. The van der Waals surface area contributed by atoms with Crippen molar-refractivity contribution in [1.29, 1.82) is 0 Å². The Labute approximate surface area is 163 Å². The Kier molecular flexibility index (Phi) is 4.36. The van der Waals surface area contributed by atoms with E-state index >= 15 is 0 Å². The molecule has 0 fully saturated rings. The van der Waals surface area contributed by atoms with Gasteiger partial charge in [-0.3, -0.25) is 4.57 Å². The number of fused-ring (bicyclic) bond motifs is 3. The maximum Gasteiger partial charge on any atom is 0.338 e. The summed E-state index contributed by atoms with van der Waals surface area (Å²) >= 11 is 5.11. The molecular weight excluding hydrogens is 414 g/mol. The number of nitrogens with one attached hydrogen (secondary N) is 1. The van der Waals surface area contributed by atoms with Gasteiger partial charge in [-0.15, -0.1) is 0 Å². The molecular formula is C19H18BrN3O2S. The first-order valence-electron chi connectivity index (χ1n) is 8.34. The molecule has 26 heavy (non-hydrogen) atoms. The van der Waals surface area contributed by atoms with Gasteiger partial charge in [-0.2, -0.15) is 11.3 Å². The number of imidazole rings is 1. The molecule has 4 rings (SSSR count). The van der Waals surface area contributed by atoms with Crippen LogP contribution in [-0.2, 0) is 9.53 Å². The van der Waals surface area contributed by atoms with Crippen molar-refractivity contribution in [2.24, 2.45) is 0 Å². The monoisotopic (exact) mass is 431 g/mol. The lowest BCUT2D eigenvalue weighted by atomic mass is 9.97. The largest absolute Gasteiger partial charge is 0.459 e. The zero-order valence-electron chi connectivity index (χ0n) is 14.6. The third-order valence-electron chi connectivity index (χ3n) is 4.31. The SMILES string of the molecule is CC1=C(C(=O)OC(C)C)C(c2ccsc2)n2c(nc3cc(Br)ccc32)N1. The van der Waals surface area contributed by atoms with Gasteiger partial charge < -0.3 is 10.1 Å². The van der Waals surface area contributed by atoms with Gasteiger partial charge in [-0.25, -0.2) is 9.78 Å².